The zero-order valence-corrected chi connectivity index (χ0v) is 21.2. The molecule has 1 aromatic rings. The van der Waals surface area contributed by atoms with E-state index < -0.39 is 5.91 Å². The van der Waals surface area contributed by atoms with Crippen LogP contribution in [0.5, 0.6) is 0 Å². The van der Waals surface area contributed by atoms with Gasteiger partial charge in [-0.25, -0.2) is 0 Å². The maximum absolute atomic E-state index is 13.1. The third-order valence-electron chi connectivity index (χ3n) is 5.39. The van der Waals surface area contributed by atoms with Gasteiger partial charge in [-0.2, -0.15) is 0 Å². The molecule has 0 aliphatic heterocycles. The first-order valence-corrected chi connectivity index (χ1v) is 11.9. The number of hydrogen-bond acceptors (Lipinski definition) is 6. The van der Waals surface area contributed by atoms with Crippen molar-refractivity contribution in [2.24, 2.45) is 5.73 Å². The first-order chi connectivity index (χ1) is 16.8. The first-order valence-electron chi connectivity index (χ1n) is 11.9. The molecule has 35 heavy (non-hydrogen) atoms. The number of carbonyl (C=O) groups excluding carboxylic acids is 5. The minimum Gasteiger partial charge on any atom is -0.352 e. The van der Waals surface area contributed by atoms with E-state index in [1.807, 2.05) is 6.08 Å². The second-order valence-electron chi connectivity index (χ2n) is 8.06. The fourth-order valence-electron chi connectivity index (χ4n) is 3.06. The second kappa shape index (κ2) is 19.0. The predicted molar refractivity (Wildman–Crippen MR) is 137 cm³/mol. The Hall–Kier alpha value is -3.33. The summed E-state index contributed by atoms with van der Waals surface area (Å²) in [5.74, 6) is -0.932. The molecule has 194 valence electrons. The van der Waals surface area contributed by atoms with Gasteiger partial charge in [0, 0.05) is 38.0 Å². The van der Waals surface area contributed by atoms with E-state index in [1.165, 1.54) is 4.90 Å². The number of nitrogens with one attached hydrogen (secondary N) is 2. The molecular formula is C26H40N4O5. The van der Waals surface area contributed by atoms with Gasteiger partial charge < -0.3 is 16.0 Å². The van der Waals surface area contributed by atoms with Crippen molar-refractivity contribution in [3.8, 4) is 0 Å². The molecule has 0 fully saturated rings. The summed E-state index contributed by atoms with van der Waals surface area (Å²) < 4.78 is 0. The van der Waals surface area contributed by atoms with Crippen LogP contribution in [-0.2, 0) is 20.9 Å². The van der Waals surface area contributed by atoms with Crippen molar-refractivity contribution in [2.45, 2.75) is 71.4 Å². The molecule has 0 saturated carbocycles. The van der Waals surface area contributed by atoms with E-state index in [9.17, 15) is 24.0 Å². The maximum atomic E-state index is 13.1. The number of hydrogen-bond donors (Lipinski definition) is 3. The molecule has 1 unspecified atom stereocenters. The number of carbonyl (C=O) groups is 5. The minimum absolute atomic E-state index is 0.0833. The van der Waals surface area contributed by atoms with Gasteiger partial charge in [0.2, 0.25) is 18.2 Å². The largest absolute Gasteiger partial charge is 0.352 e. The van der Waals surface area contributed by atoms with Crippen molar-refractivity contribution < 1.29 is 24.0 Å². The number of rotatable bonds is 15. The molecule has 0 saturated heterocycles. The lowest BCUT2D eigenvalue weighted by Gasteiger charge is -2.26. The maximum Gasteiger partial charge on any atom is 0.254 e. The van der Waals surface area contributed by atoms with Gasteiger partial charge in [-0.15, -0.1) is 6.58 Å². The summed E-state index contributed by atoms with van der Waals surface area (Å²) in [6.45, 7) is 8.04. The van der Waals surface area contributed by atoms with E-state index in [-0.39, 0.29) is 41.9 Å². The summed E-state index contributed by atoms with van der Waals surface area (Å²) in [5.41, 5.74) is 6.45. The van der Waals surface area contributed by atoms with Gasteiger partial charge in [0.15, 0.2) is 6.29 Å². The van der Waals surface area contributed by atoms with E-state index in [4.69, 9.17) is 5.73 Å². The quantitative estimate of drug-likeness (QED) is 0.197. The highest BCUT2D eigenvalue weighted by atomic mass is 16.2. The minimum atomic E-state index is -0.425. The SMILES string of the molecule is C=CCC.CC(CCC(=O)NC=O)N(C)C(=O)c1c(C=O)cccc1CNC(=O)CCCCCN. The van der Waals surface area contributed by atoms with Crippen LogP contribution in [-0.4, -0.2) is 55.0 Å². The highest BCUT2D eigenvalue weighted by molar-refractivity contribution is 6.03. The molecule has 0 aromatic heterocycles. The zero-order valence-electron chi connectivity index (χ0n) is 21.2. The molecule has 4 amide bonds. The Labute approximate surface area is 208 Å². The van der Waals surface area contributed by atoms with Gasteiger partial charge >= 0.3 is 0 Å². The highest BCUT2D eigenvalue weighted by Gasteiger charge is 2.23. The average molecular weight is 489 g/mol. The number of aldehydes is 1. The van der Waals surface area contributed by atoms with E-state index in [2.05, 4.69) is 24.1 Å². The highest BCUT2D eigenvalue weighted by Crippen LogP contribution is 2.18. The smallest absolute Gasteiger partial charge is 0.254 e. The van der Waals surface area contributed by atoms with Crippen LogP contribution in [0.1, 0.15) is 85.1 Å². The van der Waals surface area contributed by atoms with E-state index in [1.54, 1.807) is 32.2 Å². The predicted octanol–water partition coefficient (Wildman–Crippen LogP) is 2.73. The Morgan fingerprint density at radius 2 is 1.80 bits per heavy atom. The van der Waals surface area contributed by atoms with Gasteiger partial charge in [0.1, 0.15) is 0 Å². The van der Waals surface area contributed by atoms with Gasteiger partial charge in [-0.3, -0.25) is 29.3 Å². The molecular weight excluding hydrogens is 448 g/mol. The zero-order chi connectivity index (χ0) is 26.6. The van der Waals surface area contributed by atoms with Gasteiger partial charge in [-0.05, 0) is 44.7 Å². The van der Waals surface area contributed by atoms with Gasteiger partial charge in [-0.1, -0.05) is 37.6 Å². The van der Waals surface area contributed by atoms with Crippen molar-refractivity contribution in [1.82, 2.24) is 15.5 Å². The number of benzene rings is 1. The molecule has 1 aromatic carbocycles. The lowest BCUT2D eigenvalue weighted by molar-refractivity contribution is -0.125. The van der Waals surface area contributed by atoms with Crippen molar-refractivity contribution in [1.29, 1.82) is 0 Å². The Bertz CT molecular complexity index is 841. The van der Waals surface area contributed by atoms with E-state index in [0.717, 1.165) is 25.7 Å². The van der Waals surface area contributed by atoms with Crippen LogP contribution < -0.4 is 16.4 Å². The molecule has 0 aliphatic carbocycles. The molecule has 1 atom stereocenters. The van der Waals surface area contributed by atoms with Crippen molar-refractivity contribution in [3.63, 3.8) is 0 Å². The molecule has 0 heterocycles. The van der Waals surface area contributed by atoms with Crippen LogP contribution >= 0.6 is 0 Å². The molecule has 0 radical (unpaired) electrons. The topological polar surface area (TPSA) is 139 Å². The standard InChI is InChI=1S/C22H32N4O5.C4H8/c1-16(10-11-20(30)25-15-28)26(2)22(31)21-17(7-6-8-18(21)14-27)13-24-19(29)9-4-3-5-12-23;1-3-4-2/h6-8,14-16H,3-5,9-13,23H2,1-2H3,(H,24,29)(H,25,28,30);3H,1,4H2,2H3. The van der Waals surface area contributed by atoms with Gasteiger partial charge in [0.25, 0.3) is 5.91 Å². The van der Waals surface area contributed by atoms with Crippen molar-refractivity contribution >= 4 is 30.4 Å². The number of nitrogens with two attached hydrogens (primary N) is 1. The lowest BCUT2D eigenvalue weighted by atomic mass is 9.99. The van der Waals surface area contributed by atoms with E-state index in [0.29, 0.717) is 37.6 Å². The lowest BCUT2D eigenvalue weighted by Crippen LogP contribution is -2.37. The Morgan fingerprint density at radius 3 is 2.37 bits per heavy atom. The van der Waals surface area contributed by atoms with E-state index >= 15 is 0 Å². The summed E-state index contributed by atoms with van der Waals surface area (Å²) in [7, 11) is 1.59. The van der Waals surface area contributed by atoms with Gasteiger partial charge in [0.05, 0.1) is 5.56 Å². The molecule has 9 heteroatoms. The Balaban J connectivity index is 0.00000267. The molecule has 4 N–H and O–H groups in total. The average Bonchev–Trinajstić information content (AvgIpc) is 2.87. The van der Waals surface area contributed by atoms with Crippen LogP contribution in [0.15, 0.2) is 30.9 Å². The van der Waals surface area contributed by atoms with Crippen LogP contribution in [0, 0.1) is 0 Å². The summed E-state index contributed by atoms with van der Waals surface area (Å²) in [4.78, 5) is 60.0. The number of amides is 4. The monoisotopic (exact) mass is 488 g/mol. The number of allylic oxidation sites excluding steroid dienone is 1. The number of unbranched alkanes of at least 4 members (excludes halogenated alkanes) is 2. The Morgan fingerprint density at radius 1 is 1.11 bits per heavy atom. The second-order valence-corrected chi connectivity index (χ2v) is 8.06. The fraction of sp³-hybridized carbons (Fsp3) is 0.500. The molecule has 0 aliphatic rings. The van der Waals surface area contributed by atoms with Crippen molar-refractivity contribution in [3.05, 3.63) is 47.5 Å². The normalized spacial score (nSPS) is 10.7. The Kier molecular flexibility index (Phi) is 17.2. The summed E-state index contributed by atoms with van der Waals surface area (Å²) >= 11 is 0. The summed E-state index contributed by atoms with van der Waals surface area (Å²) in [5, 5.41) is 4.86. The van der Waals surface area contributed by atoms with Crippen LogP contribution in [0.25, 0.3) is 0 Å². The number of imide groups is 1. The molecule has 9 nitrogen and oxygen atoms in total. The third-order valence-corrected chi connectivity index (χ3v) is 5.39. The van der Waals surface area contributed by atoms with Crippen LogP contribution in [0.3, 0.4) is 0 Å². The van der Waals surface area contributed by atoms with Crippen LogP contribution in [0.2, 0.25) is 0 Å². The summed E-state index contributed by atoms with van der Waals surface area (Å²) in [6, 6.07) is 4.60. The van der Waals surface area contributed by atoms with Crippen molar-refractivity contribution in [2.75, 3.05) is 13.6 Å². The molecule has 1 rings (SSSR count). The van der Waals surface area contributed by atoms with Crippen LogP contribution in [0.4, 0.5) is 0 Å². The fourth-order valence-corrected chi connectivity index (χ4v) is 3.06. The third kappa shape index (κ3) is 12.6. The number of nitrogens with zero attached hydrogens (tertiary/aromatic N) is 1. The molecule has 0 bridgehead atoms. The molecule has 0 spiro atoms. The summed E-state index contributed by atoms with van der Waals surface area (Å²) in [6.07, 6.45) is 7.18. The first kappa shape index (κ1) is 31.7.